The standard InChI is InChI=1S/C21H28N2O3S/c1-3-18-6-10-20(11-7-18)27(24,25)22-21(16-23-12-14-26-15-13-23)19-8-4-17(2)5-9-19/h4-11,21-22H,3,12-16H2,1-2H3/t21-/m0/s1. The van der Waals surface area contributed by atoms with Gasteiger partial charge in [0, 0.05) is 19.6 Å². The summed E-state index contributed by atoms with van der Waals surface area (Å²) in [6.45, 7) is 7.71. The zero-order valence-electron chi connectivity index (χ0n) is 16.0. The summed E-state index contributed by atoms with van der Waals surface area (Å²) in [5.74, 6) is 0. The van der Waals surface area contributed by atoms with Gasteiger partial charge in [0.1, 0.15) is 0 Å². The van der Waals surface area contributed by atoms with E-state index in [1.165, 1.54) is 0 Å². The Morgan fingerprint density at radius 2 is 1.67 bits per heavy atom. The second-order valence-corrected chi connectivity index (χ2v) is 8.71. The van der Waals surface area contributed by atoms with Crippen molar-refractivity contribution in [1.29, 1.82) is 0 Å². The lowest BCUT2D eigenvalue weighted by atomic mass is 10.1. The van der Waals surface area contributed by atoms with Crippen LogP contribution < -0.4 is 4.72 Å². The Morgan fingerprint density at radius 3 is 2.26 bits per heavy atom. The number of sulfonamides is 1. The molecule has 1 aliphatic rings. The van der Waals surface area contributed by atoms with Crippen LogP contribution in [0.25, 0.3) is 0 Å². The highest BCUT2D eigenvalue weighted by molar-refractivity contribution is 7.89. The van der Waals surface area contributed by atoms with Crippen molar-refractivity contribution in [2.45, 2.75) is 31.2 Å². The summed E-state index contributed by atoms with van der Waals surface area (Å²) in [5.41, 5.74) is 3.25. The number of benzene rings is 2. The predicted octanol–water partition coefficient (Wildman–Crippen LogP) is 2.91. The van der Waals surface area contributed by atoms with Gasteiger partial charge in [-0.15, -0.1) is 0 Å². The Morgan fingerprint density at radius 1 is 1.04 bits per heavy atom. The van der Waals surface area contributed by atoms with Gasteiger partial charge in [0.25, 0.3) is 0 Å². The molecular weight excluding hydrogens is 360 g/mol. The van der Waals surface area contributed by atoms with Crippen LogP contribution in [-0.2, 0) is 21.2 Å². The van der Waals surface area contributed by atoms with E-state index in [0.717, 1.165) is 36.2 Å². The number of hydrogen-bond acceptors (Lipinski definition) is 4. The fourth-order valence-corrected chi connectivity index (χ4v) is 4.43. The first-order chi connectivity index (χ1) is 13.0. The summed E-state index contributed by atoms with van der Waals surface area (Å²) >= 11 is 0. The monoisotopic (exact) mass is 388 g/mol. The molecule has 1 atom stereocenters. The lowest BCUT2D eigenvalue weighted by molar-refractivity contribution is 0.0345. The van der Waals surface area contributed by atoms with Gasteiger partial charge in [-0.2, -0.15) is 0 Å². The number of nitrogens with zero attached hydrogens (tertiary/aromatic N) is 1. The van der Waals surface area contributed by atoms with E-state index >= 15 is 0 Å². The molecule has 0 saturated carbocycles. The maximum Gasteiger partial charge on any atom is 0.241 e. The molecule has 0 radical (unpaired) electrons. The maximum absolute atomic E-state index is 13.0. The Labute approximate surface area is 162 Å². The highest BCUT2D eigenvalue weighted by atomic mass is 32.2. The topological polar surface area (TPSA) is 58.6 Å². The third kappa shape index (κ3) is 5.39. The number of hydrogen-bond donors (Lipinski definition) is 1. The lowest BCUT2D eigenvalue weighted by Crippen LogP contribution is -2.43. The quantitative estimate of drug-likeness (QED) is 0.792. The summed E-state index contributed by atoms with van der Waals surface area (Å²) in [6.07, 6.45) is 0.886. The first kappa shape index (κ1) is 20.0. The molecule has 1 aliphatic heterocycles. The molecule has 3 rings (SSSR count). The van der Waals surface area contributed by atoms with Crippen molar-refractivity contribution in [3.05, 3.63) is 65.2 Å². The molecule has 2 aromatic carbocycles. The van der Waals surface area contributed by atoms with Crippen molar-refractivity contribution in [3.63, 3.8) is 0 Å². The molecule has 6 heteroatoms. The van der Waals surface area contributed by atoms with E-state index in [1.807, 2.05) is 43.3 Å². The Balaban J connectivity index is 1.83. The summed E-state index contributed by atoms with van der Waals surface area (Å²) in [5, 5.41) is 0. The third-order valence-electron chi connectivity index (χ3n) is 4.96. The molecule has 146 valence electrons. The van der Waals surface area contributed by atoms with E-state index in [-0.39, 0.29) is 6.04 Å². The van der Waals surface area contributed by atoms with Crippen LogP contribution in [0.15, 0.2) is 53.4 Å². The highest BCUT2D eigenvalue weighted by Crippen LogP contribution is 2.20. The SMILES string of the molecule is CCc1ccc(S(=O)(=O)N[C@@H](CN2CCOCC2)c2ccc(C)cc2)cc1. The third-order valence-corrected chi connectivity index (χ3v) is 6.45. The van der Waals surface area contributed by atoms with E-state index in [2.05, 4.69) is 16.5 Å². The smallest absolute Gasteiger partial charge is 0.241 e. The van der Waals surface area contributed by atoms with Gasteiger partial charge >= 0.3 is 0 Å². The van der Waals surface area contributed by atoms with Crippen molar-refractivity contribution in [2.75, 3.05) is 32.8 Å². The van der Waals surface area contributed by atoms with Crippen molar-refractivity contribution in [1.82, 2.24) is 9.62 Å². The van der Waals surface area contributed by atoms with Gasteiger partial charge < -0.3 is 4.74 Å². The number of morpholine rings is 1. The molecule has 5 nitrogen and oxygen atoms in total. The number of ether oxygens (including phenoxy) is 1. The molecule has 1 fully saturated rings. The van der Waals surface area contributed by atoms with Crippen LogP contribution in [-0.4, -0.2) is 46.2 Å². The normalized spacial score (nSPS) is 17.0. The number of aryl methyl sites for hydroxylation is 2. The van der Waals surface area contributed by atoms with Crippen LogP contribution in [0.3, 0.4) is 0 Å². The van der Waals surface area contributed by atoms with Gasteiger partial charge in [0.15, 0.2) is 0 Å². The molecule has 0 spiro atoms. The van der Waals surface area contributed by atoms with Gasteiger partial charge in [-0.05, 0) is 36.6 Å². The average molecular weight is 389 g/mol. The van der Waals surface area contributed by atoms with Crippen molar-refractivity contribution in [3.8, 4) is 0 Å². The molecular formula is C21H28N2O3S. The largest absolute Gasteiger partial charge is 0.379 e. The second kappa shape index (κ2) is 8.97. The minimum Gasteiger partial charge on any atom is -0.379 e. The van der Waals surface area contributed by atoms with Crippen LogP contribution in [0.1, 0.15) is 29.7 Å². The summed E-state index contributed by atoms with van der Waals surface area (Å²) < 4.78 is 34.3. The van der Waals surface area contributed by atoms with Gasteiger partial charge in [0.05, 0.1) is 24.2 Å². The molecule has 2 aromatic rings. The van der Waals surface area contributed by atoms with E-state index in [4.69, 9.17) is 4.74 Å². The van der Waals surface area contributed by atoms with Crippen molar-refractivity contribution >= 4 is 10.0 Å². The van der Waals surface area contributed by atoms with Gasteiger partial charge in [-0.3, -0.25) is 4.90 Å². The van der Waals surface area contributed by atoms with Gasteiger partial charge in [-0.25, -0.2) is 13.1 Å². The highest BCUT2D eigenvalue weighted by Gasteiger charge is 2.24. The van der Waals surface area contributed by atoms with E-state index in [1.54, 1.807) is 12.1 Å². The van der Waals surface area contributed by atoms with Gasteiger partial charge in [0.2, 0.25) is 10.0 Å². The minimum atomic E-state index is -3.60. The van der Waals surface area contributed by atoms with E-state index in [0.29, 0.717) is 24.7 Å². The van der Waals surface area contributed by atoms with Crippen molar-refractivity contribution in [2.24, 2.45) is 0 Å². The van der Waals surface area contributed by atoms with Crippen LogP contribution in [0.2, 0.25) is 0 Å². The van der Waals surface area contributed by atoms with Crippen LogP contribution in [0, 0.1) is 6.92 Å². The van der Waals surface area contributed by atoms with Crippen molar-refractivity contribution < 1.29 is 13.2 Å². The first-order valence-corrected chi connectivity index (χ1v) is 10.9. The Bertz CT molecular complexity index is 827. The van der Waals surface area contributed by atoms with Crippen LogP contribution in [0.5, 0.6) is 0 Å². The van der Waals surface area contributed by atoms with Crippen LogP contribution >= 0.6 is 0 Å². The number of nitrogens with one attached hydrogen (secondary N) is 1. The first-order valence-electron chi connectivity index (χ1n) is 9.46. The average Bonchev–Trinajstić information content (AvgIpc) is 2.69. The summed E-state index contributed by atoms with van der Waals surface area (Å²) in [6, 6.07) is 14.9. The minimum absolute atomic E-state index is 0.304. The fraction of sp³-hybridized carbons (Fsp3) is 0.429. The molecule has 0 bridgehead atoms. The zero-order valence-corrected chi connectivity index (χ0v) is 16.8. The molecule has 27 heavy (non-hydrogen) atoms. The van der Waals surface area contributed by atoms with E-state index < -0.39 is 10.0 Å². The fourth-order valence-electron chi connectivity index (χ4n) is 3.21. The molecule has 0 aromatic heterocycles. The number of rotatable bonds is 7. The predicted molar refractivity (Wildman–Crippen MR) is 107 cm³/mol. The zero-order chi connectivity index (χ0) is 19.3. The molecule has 0 unspecified atom stereocenters. The molecule has 0 aliphatic carbocycles. The molecule has 1 saturated heterocycles. The van der Waals surface area contributed by atoms with Crippen LogP contribution in [0.4, 0.5) is 0 Å². The summed E-state index contributed by atoms with van der Waals surface area (Å²) in [7, 11) is -3.60. The lowest BCUT2D eigenvalue weighted by Gasteiger charge is -2.31. The Kier molecular flexibility index (Phi) is 6.65. The van der Waals surface area contributed by atoms with Gasteiger partial charge in [-0.1, -0.05) is 48.9 Å². The summed E-state index contributed by atoms with van der Waals surface area (Å²) in [4.78, 5) is 2.55. The maximum atomic E-state index is 13.0. The second-order valence-electron chi connectivity index (χ2n) is 7.00. The molecule has 0 amide bonds. The van der Waals surface area contributed by atoms with E-state index in [9.17, 15) is 8.42 Å². The molecule has 1 N–H and O–H groups in total. The Hall–Kier alpha value is -1.73. The molecule has 1 heterocycles.